The molecule has 0 atom stereocenters. The van der Waals surface area contributed by atoms with Gasteiger partial charge in [0.25, 0.3) is 17.2 Å². The number of fused-ring (bicyclic) bond motifs is 1. The van der Waals surface area contributed by atoms with E-state index in [1.807, 2.05) is 0 Å². The highest BCUT2D eigenvalue weighted by molar-refractivity contribution is 7.07. The number of nitrogens with one attached hydrogen (secondary N) is 1. The predicted octanol–water partition coefficient (Wildman–Crippen LogP) is 1.14. The maximum absolute atomic E-state index is 12.8. The third-order valence-electron chi connectivity index (χ3n) is 4.59. The molecule has 31 heavy (non-hydrogen) atoms. The fraction of sp³-hybridized carbons (Fsp3) is 0.222. The van der Waals surface area contributed by atoms with E-state index in [9.17, 15) is 19.7 Å². The first-order valence-corrected chi connectivity index (χ1v) is 9.93. The molecule has 158 valence electrons. The molecule has 0 radical (unpaired) electrons. The van der Waals surface area contributed by atoms with Gasteiger partial charge in [0.2, 0.25) is 0 Å². The highest BCUT2D eigenvalue weighted by Gasteiger charge is 2.14. The van der Waals surface area contributed by atoms with Crippen molar-refractivity contribution in [2.45, 2.75) is 20.0 Å². The van der Waals surface area contributed by atoms with Crippen LogP contribution < -0.4 is 10.9 Å². The Labute approximate surface area is 178 Å². The van der Waals surface area contributed by atoms with E-state index >= 15 is 0 Å². The number of nitro benzene ring substituents is 1. The minimum atomic E-state index is -0.476. The van der Waals surface area contributed by atoms with Crippen molar-refractivity contribution in [1.29, 1.82) is 0 Å². The van der Waals surface area contributed by atoms with E-state index < -0.39 is 4.92 Å². The Morgan fingerprint density at radius 3 is 2.74 bits per heavy atom. The van der Waals surface area contributed by atoms with Crippen LogP contribution in [-0.2, 0) is 13.1 Å². The lowest BCUT2D eigenvalue weighted by molar-refractivity contribution is -0.384. The zero-order valence-corrected chi connectivity index (χ0v) is 17.1. The minimum Gasteiger partial charge on any atom is -0.349 e. The summed E-state index contributed by atoms with van der Waals surface area (Å²) in [6.07, 6.45) is 2.85. The molecule has 3 aromatic heterocycles. The Morgan fingerprint density at radius 1 is 1.29 bits per heavy atom. The molecule has 4 aromatic rings. The molecule has 0 aliphatic carbocycles. The molecule has 0 aliphatic heterocycles. The maximum Gasteiger partial charge on any atom is 0.269 e. The number of hydrogen-bond acceptors (Lipinski definition) is 9. The maximum atomic E-state index is 12.8. The standard InChI is InChI=1S/C18H16N8O4S/c1-11-15(31-23-22-11)17(27)19-6-7-25-16-14(8-21-25)18(28)24(10-20-16)9-12-2-4-13(5-3-12)26(29)30/h2-5,8,10H,6-7,9H2,1H3,(H,19,27). The summed E-state index contributed by atoms with van der Waals surface area (Å²) in [5.41, 5.74) is 1.43. The van der Waals surface area contributed by atoms with Crippen molar-refractivity contribution in [1.82, 2.24) is 34.2 Å². The summed E-state index contributed by atoms with van der Waals surface area (Å²) in [4.78, 5) is 40.0. The average Bonchev–Trinajstić information content (AvgIpc) is 3.37. The highest BCUT2D eigenvalue weighted by Crippen LogP contribution is 2.13. The molecule has 13 heteroatoms. The van der Waals surface area contributed by atoms with Gasteiger partial charge >= 0.3 is 0 Å². The van der Waals surface area contributed by atoms with E-state index in [2.05, 4.69) is 25.0 Å². The summed E-state index contributed by atoms with van der Waals surface area (Å²) >= 11 is 1.03. The smallest absolute Gasteiger partial charge is 0.269 e. The van der Waals surface area contributed by atoms with Crippen molar-refractivity contribution < 1.29 is 9.72 Å². The molecule has 1 amide bonds. The third kappa shape index (κ3) is 4.16. The van der Waals surface area contributed by atoms with Crippen molar-refractivity contribution in [3.8, 4) is 0 Å². The molecule has 0 unspecified atom stereocenters. The number of carbonyl (C=O) groups is 1. The van der Waals surface area contributed by atoms with Gasteiger partial charge in [0, 0.05) is 18.7 Å². The van der Waals surface area contributed by atoms with Gasteiger partial charge in [0.05, 0.1) is 29.9 Å². The summed E-state index contributed by atoms with van der Waals surface area (Å²) in [6.45, 7) is 2.56. The highest BCUT2D eigenvalue weighted by atomic mass is 32.1. The Bertz CT molecular complexity index is 1320. The first-order valence-electron chi connectivity index (χ1n) is 9.15. The van der Waals surface area contributed by atoms with Gasteiger partial charge in [0.1, 0.15) is 16.6 Å². The third-order valence-corrected chi connectivity index (χ3v) is 5.42. The summed E-state index contributed by atoms with van der Waals surface area (Å²) in [5.74, 6) is -0.262. The van der Waals surface area contributed by atoms with Crippen LogP contribution in [-0.4, -0.2) is 46.3 Å². The second kappa shape index (κ2) is 8.39. The van der Waals surface area contributed by atoms with E-state index in [0.717, 1.165) is 17.1 Å². The summed E-state index contributed by atoms with van der Waals surface area (Å²) in [5, 5.41) is 21.9. The molecule has 0 fully saturated rings. The summed E-state index contributed by atoms with van der Waals surface area (Å²) in [6, 6.07) is 5.98. The number of nitro groups is 1. The monoisotopic (exact) mass is 440 g/mol. The van der Waals surface area contributed by atoms with Crippen molar-refractivity contribution in [3.05, 3.63) is 73.4 Å². The fourth-order valence-electron chi connectivity index (χ4n) is 2.99. The largest absolute Gasteiger partial charge is 0.349 e. The van der Waals surface area contributed by atoms with Gasteiger partial charge in [-0.25, -0.2) is 9.67 Å². The first-order chi connectivity index (χ1) is 14.9. The number of non-ortho nitro benzene ring substituents is 1. The molecule has 0 saturated carbocycles. The van der Waals surface area contributed by atoms with E-state index in [1.165, 1.54) is 29.2 Å². The minimum absolute atomic E-state index is 0.0141. The van der Waals surface area contributed by atoms with Crippen LogP contribution in [0.4, 0.5) is 5.69 Å². The number of nitrogens with zero attached hydrogens (tertiary/aromatic N) is 7. The molecule has 0 spiro atoms. The molecule has 0 bridgehead atoms. The number of amides is 1. The van der Waals surface area contributed by atoms with Gasteiger partial charge < -0.3 is 5.32 Å². The molecule has 4 rings (SSSR count). The van der Waals surface area contributed by atoms with Crippen LogP contribution in [0.5, 0.6) is 0 Å². The van der Waals surface area contributed by atoms with Gasteiger partial charge in [0.15, 0.2) is 5.65 Å². The van der Waals surface area contributed by atoms with E-state index in [-0.39, 0.29) is 23.7 Å². The molecular formula is C18H16N8O4S. The van der Waals surface area contributed by atoms with Crippen LogP contribution >= 0.6 is 11.5 Å². The Balaban J connectivity index is 1.46. The Kier molecular flexibility index (Phi) is 5.49. The van der Waals surface area contributed by atoms with Crippen LogP contribution in [0.15, 0.2) is 41.6 Å². The van der Waals surface area contributed by atoms with E-state index in [1.54, 1.807) is 23.7 Å². The quantitative estimate of drug-likeness (QED) is 0.332. The number of aromatic nitrogens is 6. The van der Waals surface area contributed by atoms with Crippen LogP contribution in [0.3, 0.4) is 0 Å². The first kappa shape index (κ1) is 20.3. The Morgan fingerprint density at radius 2 is 2.06 bits per heavy atom. The fourth-order valence-corrected chi connectivity index (χ4v) is 3.56. The normalized spacial score (nSPS) is 11.0. The number of rotatable bonds is 7. The number of aryl methyl sites for hydroxylation is 1. The van der Waals surface area contributed by atoms with Crippen LogP contribution in [0.25, 0.3) is 11.0 Å². The average molecular weight is 440 g/mol. The van der Waals surface area contributed by atoms with E-state index in [0.29, 0.717) is 34.7 Å². The van der Waals surface area contributed by atoms with Crippen LogP contribution in [0, 0.1) is 17.0 Å². The zero-order valence-electron chi connectivity index (χ0n) is 16.3. The van der Waals surface area contributed by atoms with Crippen molar-refractivity contribution >= 4 is 34.2 Å². The number of benzene rings is 1. The molecule has 1 N–H and O–H groups in total. The molecule has 0 saturated heterocycles. The van der Waals surface area contributed by atoms with Crippen molar-refractivity contribution in [2.75, 3.05) is 6.54 Å². The molecule has 3 heterocycles. The zero-order chi connectivity index (χ0) is 22.0. The van der Waals surface area contributed by atoms with Crippen LogP contribution in [0.1, 0.15) is 20.9 Å². The van der Waals surface area contributed by atoms with Gasteiger partial charge in [-0.15, -0.1) is 5.10 Å². The topological polar surface area (TPSA) is 151 Å². The van der Waals surface area contributed by atoms with Crippen molar-refractivity contribution in [2.24, 2.45) is 0 Å². The lowest BCUT2D eigenvalue weighted by Gasteiger charge is -2.07. The molecular weight excluding hydrogens is 424 g/mol. The predicted molar refractivity (Wildman–Crippen MR) is 111 cm³/mol. The molecule has 0 aliphatic rings. The van der Waals surface area contributed by atoms with Gasteiger partial charge in [-0.05, 0) is 24.0 Å². The number of hydrogen-bond donors (Lipinski definition) is 1. The van der Waals surface area contributed by atoms with E-state index in [4.69, 9.17) is 0 Å². The number of carbonyl (C=O) groups excluding carboxylic acids is 1. The summed E-state index contributed by atoms with van der Waals surface area (Å²) in [7, 11) is 0. The molecule has 12 nitrogen and oxygen atoms in total. The lowest BCUT2D eigenvalue weighted by atomic mass is 10.2. The second-order valence-electron chi connectivity index (χ2n) is 6.65. The lowest BCUT2D eigenvalue weighted by Crippen LogP contribution is -2.27. The molecule has 1 aromatic carbocycles. The Hall–Kier alpha value is -4.00. The second-order valence-corrected chi connectivity index (χ2v) is 7.40. The SMILES string of the molecule is Cc1nnsc1C(=O)NCCn1ncc2c(=O)n(Cc3ccc([N+](=O)[O-])cc3)cnc21. The van der Waals surface area contributed by atoms with Gasteiger partial charge in [-0.2, -0.15) is 5.10 Å². The van der Waals surface area contributed by atoms with Crippen molar-refractivity contribution in [3.63, 3.8) is 0 Å². The van der Waals surface area contributed by atoms with Gasteiger partial charge in [-0.3, -0.25) is 24.3 Å². The summed E-state index contributed by atoms with van der Waals surface area (Å²) < 4.78 is 6.70. The van der Waals surface area contributed by atoms with Crippen LogP contribution in [0.2, 0.25) is 0 Å². The van der Waals surface area contributed by atoms with Gasteiger partial charge in [-0.1, -0.05) is 16.6 Å².